The highest BCUT2D eigenvalue weighted by Crippen LogP contribution is 2.16. The molecule has 2 amide bonds. The number of piperazine rings is 1. The number of carbonyl (C=O) groups is 1. The third-order valence-corrected chi connectivity index (χ3v) is 4.38. The molecule has 0 bridgehead atoms. The van der Waals surface area contributed by atoms with Crippen LogP contribution < -0.4 is 15.5 Å². The minimum atomic E-state index is -0.668. The first-order valence-corrected chi connectivity index (χ1v) is 8.64. The lowest BCUT2D eigenvalue weighted by Gasteiger charge is -2.36. The summed E-state index contributed by atoms with van der Waals surface area (Å²) in [7, 11) is 0. The lowest BCUT2D eigenvalue weighted by Crippen LogP contribution is -2.48. The van der Waals surface area contributed by atoms with Crippen LogP contribution in [-0.4, -0.2) is 50.2 Å². The molecule has 26 heavy (non-hydrogen) atoms. The number of halogens is 2. The van der Waals surface area contributed by atoms with E-state index in [1.54, 1.807) is 0 Å². The van der Waals surface area contributed by atoms with Crippen LogP contribution in [0.5, 0.6) is 0 Å². The van der Waals surface area contributed by atoms with Gasteiger partial charge in [-0.2, -0.15) is 0 Å². The Kier molecular flexibility index (Phi) is 6.01. The molecule has 1 saturated heterocycles. The minimum absolute atomic E-state index is 0.168. The fraction of sp³-hybridized carbons (Fsp3) is 0.316. The monoisotopic (exact) mass is 360 g/mol. The predicted molar refractivity (Wildman–Crippen MR) is 98.5 cm³/mol. The van der Waals surface area contributed by atoms with Gasteiger partial charge in [0.25, 0.3) is 0 Å². The summed E-state index contributed by atoms with van der Waals surface area (Å²) in [4.78, 5) is 16.4. The molecule has 1 aliphatic rings. The van der Waals surface area contributed by atoms with E-state index in [0.717, 1.165) is 44.4 Å². The third kappa shape index (κ3) is 4.92. The summed E-state index contributed by atoms with van der Waals surface area (Å²) in [6, 6.07) is 12.7. The van der Waals surface area contributed by atoms with Gasteiger partial charge in [-0.15, -0.1) is 0 Å². The molecule has 5 nitrogen and oxygen atoms in total. The van der Waals surface area contributed by atoms with Crippen molar-refractivity contribution in [2.24, 2.45) is 0 Å². The first-order chi connectivity index (χ1) is 12.6. The van der Waals surface area contributed by atoms with Gasteiger partial charge in [0.05, 0.1) is 5.69 Å². The molecule has 2 N–H and O–H groups in total. The van der Waals surface area contributed by atoms with Gasteiger partial charge in [0.15, 0.2) is 0 Å². The quantitative estimate of drug-likeness (QED) is 0.862. The number of amides is 2. The van der Waals surface area contributed by atoms with Crippen LogP contribution >= 0.6 is 0 Å². The van der Waals surface area contributed by atoms with E-state index in [-0.39, 0.29) is 5.69 Å². The number of para-hydroxylation sites is 1. The number of hydrogen-bond acceptors (Lipinski definition) is 3. The maximum absolute atomic E-state index is 13.5. The zero-order chi connectivity index (χ0) is 18.4. The largest absolute Gasteiger partial charge is 0.369 e. The average Bonchev–Trinajstić information content (AvgIpc) is 2.66. The van der Waals surface area contributed by atoms with E-state index >= 15 is 0 Å². The summed E-state index contributed by atoms with van der Waals surface area (Å²) in [6.45, 7) is 4.85. The maximum Gasteiger partial charge on any atom is 0.319 e. The molecule has 0 radical (unpaired) electrons. The highest BCUT2D eigenvalue weighted by atomic mass is 19.1. The van der Waals surface area contributed by atoms with Crippen LogP contribution in [0.25, 0.3) is 0 Å². The second-order valence-corrected chi connectivity index (χ2v) is 6.17. The van der Waals surface area contributed by atoms with Gasteiger partial charge in [-0.05, 0) is 24.3 Å². The number of urea groups is 1. The minimum Gasteiger partial charge on any atom is -0.369 e. The van der Waals surface area contributed by atoms with Crippen molar-refractivity contribution in [3.8, 4) is 0 Å². The zero-order valence-electron chi connectivity index (χ0n) is 14.4. The Hall–Kier alpha value is -2.67. The zero-order valence-corrected chi connectivity index (χ0v) is 14.4. The van der Waals surface area contributed by atoms with Crippen molar-refractivity contribution in [1.82, 2.24) is 10.2 Å². The summed E-state index contributed by atoms with van der Waals surface area (Å²) >= 11 is 0. The number of carbonyl (C=O) groups excluding carboxylic acids is 1. The van der Waals surface area contributed by atoms with E-state index in [4.69, 9.17) is 0 Å². The van der Waals surface area contributed by atoms with Crippen LogP contribution in [0, 0.1) is 11.6 Å². The number of benzene rings is 2. The molecule has 3 rings (SSSR count). The van der Waals surface area contributed by atoms with E-state index in [1.807, 2.05) is 18.2 Å². The van der Waals surface area contributed by atoms with E-state index in [2.05, 4.69) is 32.6 Å². The van der Waals surface area contributed by atoms with Gasteiger partial charge >= 0.3 is 6.03 Å². The Bertz CT molecular complexity index is 734. The van der Waals surface area contributed by atoms with Crippen LogP contribution in [0.4, 0.5) is 25.0 Å². The van der Waals surface area contributed by atoms with Gasteiger partial charge in [-0.3, -0.25) is 4.90 Å². The summed E-state index contributed by atoms with van der Waals surface area (Å²) in [5.41, 5.74) is 1.06. The fourth-order valence-electron chi connectivity index (χ4n) is 2.96. The van der Waals surface area contributed by atoms with Gasteiger partial charge < -0.3 is 15.5 Å². The van der Waals surface area contributed by atoms with Gasteiger partial charge in [0, 0.05) is 51.0 Å². The number of nitrogens with zero attached hydrogens (tertiary/aromatic N) is 2. The molecule has 1 aliphatic heterocycles. The lowest BCUT2D eigenvalue weighted by molar-refractivity contribution is 0.240. The van der Waals surface area contributed by atoms with Crippen molar-refractivity contribution < 1.29 is 13.6 Å². The van der Waals surface area contributed by atoms with Crippen molar-refractivity contribution in [3.63, 3.8) is 0 Å². The highest BCUT2D eigenvalue weighted by Gasteiger charge is 2.17. The van der Waals surface area contributed by atoms with Crippen LogP contribution in [-0.2, 0) is 0 Å². The van der Waals surface area contributed by atoms with Crippen LogP contribution in [0.2, 0.25) is 0 Å². The standard InChI is InChI=1S/C19H22F2N4O/c20-15-6-7-17(21)18(14-15)23-19(26)22-8-9-24-10-12-25(13-11-24)16-4-2-1-3-5-16/h1-7,14H,8-13H2,(H2,22,23,26). The molecule has 7 heteroatoms. The topological polar surface area (TPSA) is 47.6 Å². The van der Waals surface area contributed by atoms with Gasteiger partial charge in [-0.1, -0.05) is 18.2 Å². The van der Waals surface area contributed by atoms with E-state index in [9.17, 15) is 13.6 Å². The SMILES string of the molecule is O=C(NCCN1CCN(c2ccccc2)CC1)Nc1cc(F)ccc1F. The van der Waals surface area contributed by atoms with Crippen molar-refractivity contribution in [2.45, 2.75) is 0 Å². The Morgan fingerprint density at radius 3 is 2.46 bits per heavy atom. The molecule has 0 spiro atoms. The lowest BCUT2D eigenvalue weighted by atomic mass is 10.2. The Balaban J connectivity index is 1.38. The maximum atomic E-state index is 13.5. The fourth-order valence-corrected chi connectivity index (χ4v) is 2.96. The first-order valence-electron chi connectivity index (χ1n) is 8.64. The van der Waals surface area contributed by atoms with E-state index < -0.39 is 17.7 Å². The van der Waals surface area contributed by atoms with E-state index in [0.29, 0.717) is 13.1 Å². The normalized spacial score (nSPS) is 14.9. The molecular formula is C19H22F2N4O. The molecule has 2 aromatic rings. The summed E-state index contributed by atoms with van der Waals surface area (Å²) in [5, 5.41) is 5.00. The molecule has 0 atom stereocenters. The molecule has 138 valence electrons. The highest BCUT2D eigenvalue weighted by molar-refractivity contribution is 5.89. The summed E-state index contributed by atoms with van der Waals surface area (Å²) < 4.78 is 26.6. The summed E-state index contributed by atoms with van der Waals surface area (Å²) in [5.74, 6) is -1.27. The van der Waals surface area contributed by atoms with Gasteiger partial charge in [0.1, 0.15) is 11.6 Å². The van der Waals surface area contributed by atoms with Crippen molar-refractivity contribution in [2.75, 3.05) is 49.5 Å². The number of rotatable bonds is 5. The van der Waals surface area contributed by atoms with Crippen LogP contribution in [0.3, 0.4) is 0 Å². The molecular weight excluding hydrogens is 338 g/mol. The number of hydrogen-bond donors (Lipinski definition) is 2. The molecule has 2 aromatic carbocycles. The average molecular weight is 360 g/mol. The van der Waals surface area contributed by atoms with Crippen LogP contribution in [0.1, 0.15) is 0 Å². The third-order valence-electron chi connectivity index (χ3n) is 4.38. The Morgan fingerprint density at radius 2 is 1.73 bits per heavy atom. The van der Waals surface area contributed by atoms with E-state index in [1.165, 1.54) is 5.69 Å². The molecule has 0 aromatic heterocycles. The number of nitrogens with one attached hydrogen (secondary N) is 2. The Morgan fingerprint density at radius 1 is 1.00 bits per heavy atom. The number of anilines is 2. The van der Waals surface area contributed by atoms with Gasteiger partial charge in [0.2, 0.25) is 0 Å². The smallest absolute Gasteiger partial charge is 0.319 e. The molecule has 1 heterocycles. The first kappa shape index (κ1) is 18.1. The van der Waals surface area contributed by atoms with Crippen molar-refractivity contribution in [1.29, 1.82) is 0 Å². The second kappa shape index (κ2) is 8.62. The Labute approximate surface area is 151 Å². The van der Waals surface area contributed by atoms with Crippen molar-refractivity contribution in [3.05, 3.63) is 60.2 Å². The predicted octanol–water partition coefficient (Wildman–Crippen LogP) is 2.91. The van der Waals surface area contributed by atoms with Crippen molar-refractivity contribution >= 4 is 17.4 Å². The molecule has 0 saturated carbocycles. The molecule has 0 aliphatic carbocycles. The van der Waals surface area contributed by atoms with Gasteiger partial charge in [-0.25, -0.2) is 13.6 Å². The summed E-state index contributed by atoms with van der Waals surface area (Å²) in [6.07, 6.45) is 0. The second-order valence-electron chi connectivity index (χ2n) is 6.17. The van der Waals surface area contributed by atoms with Crippen LogP contribution in [0.15, 0.2) is 48.5 Å². The molecule has 0 unspecified atom stereocenters. The molecule has 1 fully saturated rings.